The van der Waals surface area contributed by atoms with Crippen molar-refractivity contribution in [2.75, 3.05) is 13.1 Å². The summed E-state index contributed by atoms with van der Waals surface area (Å²) in [6.07, 6.45) is 3.89. The van der Waals surface area contributed by atoms with Crippen molar-refractivity contribution in [2.24, 2.45) is 17.6 Å². The van der Waals surface area contributed by atoms with Crippen LogP contribution in [0.3, 0.4) is 0 Å². The average Bonchev–Trinajstić information content (AvgIpc) is 2.76. The Balaban J connectivity index is 2.02. The zero-order chi connectivity index (χ0) is 8.97. The van der Waals surface area contributed by atoms with Gasteiger partial charge in [0, 0.05) is 6.04 Å². The second-order valence-electron chi connectivity index (χ2n) is 4.12. The molecule has 1 saturated carbocycles. The Morgan fingerprint density at radius 1 is 1.58 bits per heavy atom. The second-order valence-corrected chi connectivity index (χ2v) is 4.12. The molecule has 3 N–H and O–H groups in total. The molecule has 0 aliphatic heterocycles. The maximum absolute atomic E-state index is 5.66. The number of rotatable bonds is 6. The first-order valence-electron chi connectivity index (χ1n) is 5.21. The fraction of sp³-hybridized carbons (Fsp3) is 1.00. The molecule has 1 aliphatic rings. The van der Waals surface area contributed by atoms with Crippen molar-refractivity contribution in [3.8, 4) is 0 Å². The molecule has 12 heavy (non-hydrogen) atoms. The van der Waals surface area contributed by atoms with E-state index < -0.39 is 0 Å². The third-order valence-corrected chi connectivity index (χ3v) is 2.81. The summed E-state index contributed by atoms with van der Waals surface area (Å²) in [6.45, 7) is 6.48. The van der Waals surface area contributed by atoms with Crippen LogP contribution in [0.1, 0.15) is 33.1 Å². The summed E-state index contributed by atoms with van der Waals surface area (Å²) in [5, 5.41) is 3.56. The molecule has 0 spiro atoms. The lowest BCUT2D eigenvalue weighted by atomic mass is 10.0. The Labute approximate surface area is 75.9 Å². The van der Waals surface area contributed by atoms with E-state index in [4.69, 9.17) is 5.73 Å². The highest BCUT2D eigenvalue weighted by Crippen LogP contribution is 2.29. The Hall–Kier alpha value is -0.0800. The summed E-state index contributed by atoms with van der Waals surface area (Å²) >= 11 is 0. The van der Waals surface area contributed by atoms with Crippen LogP contribution in [0, 0.1) is 11.8 Å². The Morgan fingerprint density at radius 3 is 2.67 bits per heavy atom. The molecule has 1 fully saturated rings. The predicted octanol–water partition coefficient (Wildman–Crippen LogP) is 1.36. The Morgan fingerprint density at radius 2 is 2.25 bits per heavy atom. The molecule has 3 unspecified atom stereocenters. The van der Waals surface area contributed by atoms with E-state index >= 15 is 0 Å². The zero-order valence-corrected chi connectivity index (χ0v) is 8.34. The molecule has 72 valence electrons. The van der Waals surface area contributed by atoms with Crippen LogP contribution in [0.2, 0.25) is 0 Å². The summed E-state index contributed by atoms with van der Waals surface area (Å²) in [5.41, 5.74) is 5.66. The number of nitrogens with two attached hydrogens (primary N) is 1. The third kappa shape index (κ3) is 3.11. The minimum Gasteiger partial charge on any atom is -0.330 e. The molecule has 1 rings (SSSR count). The Kier molecular flexibility index (Phi) is 4.02. The van der Waals surface area contributed by atoms with Gasteiger partial charge in [-0.3, -0.25) is 0 Å². The van der Waals surface area contributed by atoms with Gasteiger partial charge in [-0.1, -0.05) is 20.3 Å². The molecule has 0 heterocycles. The predicted molar refractivity (Wildman–Crippen MR) is 53.0 cm³/mol. The van der Waals surface area contributed by atoms with Crippen molar-refractivity contribution < 1.29 is 0 Å². The zero-order valence-electron chi connectivity index (χ0n) is 8.34. The summed E-state index contributed by atoms with van der Waals surface area (Å²) in [7, 11) is 0. The molecule has 0 aromatic carbocycles. The summed E-state index contributed by atoms with van der Waals surface area (Å²) in [6, 6.07) is 0.802. The van der Waals surface area contributed by atoms with Crippen LogP contribution in [0.4, 0.5) is 0 Å². The van der Waals surface area contributed by atoms with Crippen LogP contribution < -0.4 is 11.1 Å². The second kappa shape index (κ2) is 4.83. The van der Waals surface area contributed by atoms with E-state index in [2.05, 4.69) is 19.2 Å². The van der Waals surface area contributed by atoms with E-state index in [9.17, 15) is 0 Å². The standard InChI is InChI=1S/C10H22N2/c1-3-4-9(6-11)7-12-10-5-8(10)2/h8-10,12H,3-7,11H2,1-2H3. The van der Waals surface area contributed by atoms with Crippen LogP contribution in [-0.2, 0) is 0 Å². The van der Waals surface area contributed by atoms with E-state index in [1.807, 2.05) is 0 Å². The van der Waals surface area contributed by atoms with Gasteiger partial charge in [-0.2, -0.15) is 0 Å². The molecule has 0 amide bonds. The lowest BCUT2D eigenvalue weighted by Gasteiger charge is -2.14. The average molecular weight is 170 g/mol. The quantitative estimate of drug-likeness (QED) is 0.631. The summed E-state index contributed by atoms with van der Waals surface area (Å²) in [5.74, 6) is 1.60. The first-order chi connectivity index (χ1) is 5.77. The van der Waals surface area contributed by atoms with Crippen molar-refractivity contribution in [1.82, 2.24) is 5.32 Å². The topological polar surface area (TPSA) is 38.0 Å². The van der Waals surface area contributed by atoms with Crippen LogP contribution in [0.5, 0.6) is 0 Å². The fourth-order valence-electron chi connectivity index (χ4n) is 1.64. The van der Waals surface area contributed by atoms with Crippen LogP contribution in [0.15, 0.2) is 0 Å². The molecule has 2 heteroatoms. The van der Waals surface area contributed by atoms with Gasteiger partial charge in [0.05, 0.1) is 0 Å². The minimum absolute atomic E-state index is 0.697. The summed E-state index contributed by atoms with van der Waals surface area (Å²) in [4.78, 5) is 0. The smallest absolute Gasteiger partial charge is 0.00965 e. The van der Waals surface area contributed by atoms with Crippen molar-refractivity contribution in [3.63, 3.8) is 0 Å². The molecule has 0 bridgehead atoms. The normalized spacial score (nSPS) is 30.2. The van der Waals surface area contributed by atoms with E-state index in [-0.39, 0.29) is 0 Å². The number of hydrogen-bond acceptors (Lipinski definition) is 2. The molecule has 0 radical (unpaired) electrons. The highest BCUT2D eigenvalue weighted by Gasteiger charge is 2.31. The van der Waals surface area contributed by atoms with Gasteiger partial charge >= 0.3 is 0 Å². The summed E-state index contributed by atoms with van der Waals surface area (Å²) < 4.78 is 0. The molecule has 0 aromatic rings. The lowest BCUT2D eigenvalue weighted by molar-refractivity contribution is 0.444. The molecule has 3 atom stereocenters. The van der Waals surface area contributed by atoms with Gasteiger partial charge in [0.1, 0.15) is 0 Å². The van der Waals surface area contributed by atoms with Gasteiger partial charge in [-0.05, 0) is 37.8 Å². The van der Waals surface area contributed by atoms with E-state index in [0.717, 1.165) is 25.0 Å². The molecule has 0 aromatic heterocycles. The van der Waals surface area contributed by atoms with E-state index in [1.165, 1.54) is 19.3 Å². The van der Waals surface area contributed by atoms with Crippen LogP contribution in [-0.4, -0.2) is 19.1 Å². The largest absolute Gasteiger partial charge is 0.330 e. The van der Waals surface area contributed by atoms with E-state index in [0.29, 0.717) is 5.92 Å². The maximum atomic E-state index is 5.66. The van der Waals surface area contributed by atoms with Gasteiger partial charge < -0.3 is 11.1 Å². The van der Waals surface area contributed by atoms with Gasteiger partial charge in [0.15, 0.2) is 0 Å². The molecular weight excluding hydrogens is 148 g/mol. The Bertz CT molecular complexity index is 125. The SMILES string of the molecule is CCCC(CN)CNC1CC1C. The fourth-order valence-corrected chi connectivity index (χ4v) is 1.64. The molecule has 1 aliphatic carbocycles. The van der Waals surface area contributed by atoms with Crippen LogP contribution >= 0.6 is 0 Å². The van der Waals surface area contributed by atoms with Gasteiger partial charge in [-0.15, -0.1) is 0 Å². The van der Waals surface area contributed by atoms with Crippen molar-refractivity contribution in [3.05, 3.63) is 0 Å². The van der Waals surface area contributed by atoms with Gasteiger partial charge in [0.2, 0.25) is 0 Å². The number of nitrogens with one attached hydrogen (secondary N) is 1. The lowest BCUT2D eigenvalue weighted by Crippen LogP contribution is -2.30. The highest BCUT2D eigenvalue weighted by molar-refractivity contribution is 4.89. The molecular formula is C10H22N2. The molecule has 2 nitrogen and oxygen atoms in total. The van der Waals surface area contributed by atoms with E-state index in [1.54, 1.807) is 0 Å². The number of hydrogen-bond donors (Lipinski definition) is 2. The van der Waals surface area contributed by atoms with Crippen LogP contribution in [0.25, 0.3) is 0 Å². The van der Waals surface area contributed by atoms with Gasteiger partial charge in [0.25, 0.3) is 0 Å². The first-order valence-corrected chi connectivity index (χ1v) is 5.21. The van der Waals surface area contributed by atoms with Crippen molar-refractivity contribution in [2.45, 2.75) is 39.2 Å². The third-order valence-electron chi connectivity index (χ3n) is 2.81. The first kappa shape index (κ1) is 10.0. The van der Waals surface area contributed by atoms with Crippen molar-refractivity contribution >= 4 is 0 Å². The monoisotopic (exact) mass is 170 g/mol. The molecule has 0 saturated heterocycles. The van der Waals surface area contributed by atoms with Crippen molar-refractivity contribution in [1.29, 1.82) is 0 Å². The minimum atomic E-state index is 0.697. The maximum Gasteiger partial charge on any atom is 0.00965 e. The van der Waals surface area contributed by atoms with Gasteiger partial charge in [-0.25, -0.2) is 0 Å². The highest BCUT2D eigenvalue weighted by atomic mass is 15.0.